The van der Waals surface area contributed by atoms with Crippen molar-refractivity contribution in [3.05, 3.63) is 12.2 Å². The van der Waals surface area contributed by atoms with Gasteiger partial charge in [0.1, 0.15) is 0 Å². The van der Waals surface area contributed by atoms with Crippen LogP contribution in [0.2, 0.25) is 0 Å². The molecule has 0 bridgehead atoms. The van der Waals surface area contributed by atoms with Crippen LogP contribution < -0.4 is 10.6 Å². The quantitative estimate of drug-likeness (QED) is 0.672. The first-order valence-corrected chi connectivity index (χ1v) is 5.78. The second-order valence-electron chi connectivity index (χ2n) is 3.97. The van der Waals surface area contributed by atoms with Crippen molar-refractivity contribution >= 4 is 11.8 Å². The number of nitrogens with one attached hydrogen (secondary N) is 2. The van der Waals surface area contributed by atoms with Gasteiger partial charge in [-0.1, -0.05) is 13.8 Å². The van der Waals surface area contributed by atoms with Crippen molar-refractivity contribution in [2.75, 3.05) is 0 Å². The number of hydrogen-bond donors (Lipinski definition) is 2. The van der Waals surface area contributed by atoms with Crippen LogP contribution in [0.5, 0.6) is 0 Å². The first-order valence-electron chi connectivity index (χ1n) is 5.78. The van der Waals surface area contributed by atoms with Crippen LogP contribution in [0, 0.1) is 0 Å². The van der Waals surface area contributed by atoms with Gasteiger partial charge in [-0.15, -0.1) is 0 Å². The van der Waals surface area contributed by atoms with Crippen LogP contribution in [0.4, 0.5) is 0 Å². The van der Waals surface area contributed by atoms with Gasteiger partial charge in [-0.05, 0) is 26.7 Å². The SMILES string of the molecule is CC[C@H](C)NC(=O)/C=C\C(=O)N[C@@H](C)CC. The fraction of sp³-hybridized carbons (Fsp3) is 0.667. The average molecular weight is 226 g/mol. The molecule has 0 spiro atoms. The molecular weight excluding hydrogens is 204 g/mol. The van der Waals surface area contributed by atoms with Crippen molar-refractivity contribution in [3.8, 4) is 0 Å². The molecule has 16 heavy (non-hydrogen) atoms. The molecular formula is C12H22N2O2. The molecule has 0 radical (unpaired) electrons. The van der Waals surface area contributed by atoms with E-state index in [9.17, 15) is 9.59 Å². The Morgan fingerprint density at radius 1 is 0.938 bits per heavy atom. The lowest BCUT2D eigenvalue weighted by atomic mass is 10.2. The van der Waals surface area contributed by atoms with Crippen LogP contribution in [0.1, 0.15) is 40.5 Å². The molecule has 4 heteroatoms. The summed E-state index contributed by atoms with van der Waals surface area (Å²) in [6.07, 6.45) is 4.28. The topological polar surface area (TPSA) is 58.2 Å². The number of hydrogen-bond acceptors (Lipinski definition) is 2. The second-order valence-corrected chi connectivity index (χ2v) is 3.97. The highest BCUT2D eigenvalue weighted by molar-refractivity contribution is 5.96. The summed E-state index contributed by atoms with van der Waals surface area (Å²) in [6.45, 7) is 7.82. The Morgan fingerprint density at radius 2 is 1.25 bits per heavy atom. The van der Waals surface area contributed by atoms with Gasteiger partial charge in [0.25, 0.3) is 0 Å². The Morgan fingerprint density at radius 3 is 1.50 bits per heavy atom. The molecule has 0 aromatic rings. The molecule has 0 saturated heterocycles. The highest BCUT2D eigenvalue weighted by Gasteiger charge is 2.04. The van der Waals surface area contributed by atoms with Gasteiger partial charge in [0.05, 0.1) is 0 Å². The average Bonchev–Trinajstić information content (AvgIpc) is 2.26. The smallest absolute Gasteiger partial charge is 0.244 e. The molecule has 2 atom stereocenters. The third-order valence-electron chi connectivity index (χ3n) is 2.39. The van der Waals surface area contributed by atoms with Crippen LogP contribution in [0.25, 0.3) is 0 Å². The Balaban J connectivity index is 3.98. The summed E-state index contributed by atoms with van der Waals surface area (Å²) in [6, 6.07) is 0.268. The van der Waals surface area contributed by atoms with E-state index in [-0.39, 0.29) is 23.9 Å². The molecule has 0 unspecified atom stereocenters. The Kier molecular flexibility index (Phi) is 7.25. The lowest BCUT2D eigenvalue weighted by molar-refractivity contribution is -0.119. The summed E-state index contributed by atoms with van der Waals surface area (Å²) in [5.41, 5.74) is 0. The third kappa shape index (κ3) is 7.04. The van der Waals surface area contributed by atoms with Gasteiger partial charge in [0.2, 0.25) is 11.8 Å². The standard InChI is InChI=1S/C12H22N2O2/c1-5-9(3)13-11(15)7-8-12(16)14-10(4)6-2/h7-10H,5-6H2,1-4H3,(H,13,15)(H,14,16)/b8-7-/t9-,10-/m0/s1. The Hall–Kier alpha value is -1.32. The molecule has 0 aromatic carbocycles. The van der Waals surface area contributed by atoms with E-state index in [1.807, 2.05) is 27.7 Å². The van der Waals surface area contributed by atoms with Gasteiger partial charge >= 0.3 is 0 Å². The van der Waals surface area contributed by atoms with Gasteiger partial charge in [-0.2, -0.15) is 0 Å². The molecule has 0 fully saturated rings. The lowest BCUT2D eigenvalue weighted by Gasteiger charge is -2.09. The first kappa shape index (κ1) is 14.7. The highest BCUT2D eigenvalue weighted by atomic mass is 16.2. The van der Waals surface area contributed by atoms with Crippen molar-refractivity contribution in [2.24, 2.45) is 0 Å². The van der Waals surface area contributed by atoms with Crippen LogP contribution in [0.3, 0.4) is 0 Å². The van der Waals surface area contributed by atoms with Crippen LogP contribution in [-0.4, -0.2) is 23.9 Å². The Bertz CT molecular complexity index is 236. The molecule has 0 aliphatic rings. The molecule has 2 amide bonds. The van der Waals surface area contributed by atoms with Crippen LogP contribution >= 0.6 is 0 Å². The minimum Gasteiger partial charge on any atom is -0.350 e. The second kappa shape index (κ2) is 7.91. The summed E-state index contributed by atoms with van der Waals surface area (Å²) in [5, 5.41) is 5.49. The van der Waals surface area contributed by atoms with E-state index in [1.165, 1.54) is 12.2 Å². The molecule has 0 saturated carbocycles. The fourth-order valence-electron chi connectivity index (χ4n) is 0.937. The maximum Gasteiger partial charge on any atom is 0.244 e. The maximum absolute atomic E-state index is 11.3. The number of amides is 2. The molecule has 4 nitrogen and oxygen atoms in total. The van der Waals surface area contributed by atoms with E-state index in [4.69, 9.17) is 0 Å². The van der Waals surface area contributed by atoms with Crippen molar-refractivity contribution in [3.63, 3.8) is 0 Å². The first-order chi connectivity index (χ1) is 7.49. The minimum absolute atomic E-state index is 0.134. The number of carbonyl (C=O) groups is 2. The molecule has 0 aromatic heterocycles. The van der Waals surface area contributed by atoms with E-state index in [0.29, 0.717) is 0 Å². The summed E-state index contributed by atoms with van der Waals surface area (Å²) in [4.78, 5) is 22.6. The van der Waals surface area contributed by atoms with Crippen molar-refractivity contribution in [1.29, 1.82) is 0 Å². The van der Waals surface area contributed by atoms with Crippen LogP contribution in [-0.2, 0) is 9.59 Å². The number of carbonyl (C=O) groups excluding carboxylic acids is 2. The number of rotatable bonds is 6. The minimum atomic E-state index is -0.228. The van der Waals surface area contributed by atoms with Gasteiger partial charge in [-0.25, -0.2) is 0 Å². The van der Waals surface area contributed by atoms with Crippen molar-refractivity contribution < 1.29 is 9.59 Å². The van der Waals surface area contributed by atoms with Gasteiger partial charge in [0, 0.05) is 24.2 Å². The van der Waals surface area contributed by atoms with Crippen molar-refractivity contribution in [2.45, 2.75) is 52.6 Å². The zero-order valence-electron chi connectivity index (χ0n) is 10.5. The van der Waals surface area contributed by atoms with E-state index in [1.54, 1.807) is 0 Å². The summed E-state index contributed by atoms with van der Waals surface area (Å²) in [5.74, 6) is -0.456. The molecule has 0 rings (SSSR count). The summed E-state index contributed by atoms with van der Waals surface area (Å²) >= 11 is 0. The van der Waals surface area contributed by atoms with E-state index in [0.717, 1.165) is 12.8 Å². The van der Waals surface area contributed by atoms with E-state index >= 15 is 0 Å². The molecule has 92 valence electrons. The van der Waals surface area contributed by atoms with Gasteiger partial charge in [-0.3, -0.25) is 9.59 Å². The molecule has 0 aliphatic carbocycles. The zero-order chi connectivity index (χ0) is 12.6. The zero-order valence-corrected chi connectivity index (χ0v) is 10.5. The normalized spacial score (nSPS) is 14.5. The molecule has 0 aliphatic heterocycles. The fourth-order valence-corrected chi connectivity index (χ4v) is 0.937. The predicted molar refractivity (Wildman–Crippen MR) is 64.9 cm³/mol. The van der Waals surface area contributed by atoms with E-state index in [2.05, 4.69) is 10.6 Å². The van der Waals surface area contributed by atoms with Gasteiger partial charge < -0.3 is 10.6 Å². The van der Waals surface area contributed by atoms with Crippen molar-refractivity contribution in [1.82, 2.24) is 10.6 Å². The third-order valence-corrected chi connectivity index (χ3v) is 2.39. The van der Waals surface area contributed by atoms with E-state index < -0.39 is 0 Å². The monoisotopic (exact) mass is 226 g/mol. The predicted octanol–water partition coefficient (Wildman–Crippen LogP) is 1.37. The highest BCUT2D eigenvalue weighted by Crippen LogP contribution is 1.90. The molecule has 2 N–H and O–H groups in total. The lowest BCUT2D eigenvalue weighted by Crippen LogP contribution is -2.32. The molecule has 0 heterocycles. The van der Waals surface area contributed by atoms with Gasteiger partial charge in [0.15, 0.2) is 0 Å². The summed E-state index contributed by atoms with van der Waals surface area (Å²) < 4.78 is 0. The largest absolute Gasteiger partial charge is 0.350 e. The van der Waals surface area contributed by atoms with Crippen LogP contribution in [0.15, 0.2) is 12.2 Å². The summed E-state index contributed by atoms with van der Waals surface area (Å²) in [7, 11) is 0. The Labute approximate surface area is 97.5 Å². The maximum atomic E-state index is 11.3.